The van der Waals surface area contributed by atoms with Crippen molar-refractivity contribution in [3.05, 3.63) is 48.5 Å². The van der Waals surface area contributed by atoms with Crippen molar-refractivity contribution in [1.82, 2.24) is 0 Å². The van der Waals surface area contributed by atoms with Crippen LogP contribution >= 0.6 is 0 Å². The van der Waals surface area contributed by atoms with Gasteiger partial charge < -0.3 is 10.1 Å². The van der Waals surface area contributed by atoms with Crippen molar-refractivity contribution in [2.45, 2.75) is 0 Å². The lowest BCUT2D eigenvalue weighted by Crippen LogP contribution is -1.88. The van der Waals surface area contributed by atoms with E-state index in [1.807, 2.05) is 31.3 Å². The molecule has 0 amide bonds. The van der Waals surface area contributed by atoms with Gasteiger partial charge in [-0.2, -0.15) is 0 Å². The molecule has 2 aromatic carbocycles. The number of ether oxygens (including phenoxy) is 1. The van der Waals surface area contributed by atoms with E-state index in [0.29, 0.717) is 0 Å². The number of nitrogens with one attached hydrogen (secondary N) is 1. The van der Waals surface area contributed by atoms with Crippen LogP contribution in [0.15, 0.2) is 48.5 Å². The van der Waals surface area contributed by atoms with E-state index in [4.69, 9.17) is 4.74 Å². The maximum Gasteiger partial charge on any atom is 0.118 e. The second-order valence-electron chi connectivity index (χ2n) is 3.56. The lowest BCUT2D eigenvalue weighted by atomic mass is 10.1. The zero-order valence-electron chi connectivity index (χ0n) is 9.53. The molecule has 2 nitrogen and oxygen atoms in total. The Morgan fingerprint density at radius 2 is 1.69 bits per heavy atom. The van der Waals surface area contributed by atoms with Gasteiger partial charge in [-0.25, -0.2) is 0 Å². The van der Waals surface area contributed by atoms with E-state index in [0.717, 1.165) is 11.4 Å². The minimum atomic E-state index is 0.883. The van der Waals surface area contributed by atoms with Gasteiger partial charge in [0, 0.05) is 12.7 Å². The third-order valence-electron chi connectivity index (χ3n) is 2.57. The fourth-order valence-corrected chi connectivity index (χ4v) is 1.64. The highest BCUT2D eigenvalue weighted by Crippen LogP contribution is 2.24. The first kappa shape index (κ1) is 10.6. The number of hydrogen-bond donors (Lipinski definition) is 1. The number of benzene rings is 2. The van der Waals surface area contributed by atoms with Crippen molar-refractivity contribution in [1.29, 1.82) is 0 Å². The van der Waals surface area contributed by atoms with Crippen LogP contribution in [0.3, 0.4) is 0 Å². The van der Waals surface area contributed by atoms with Gasteiger partial charge in [-0.3, -0.25) is 0 Å². The molecule has 1 N–H and O–H groups in total. The van der Waals surface area contributed by atoms with Crippen LogP contribution in [0.5, 0.6) is 5.75 Å². The summed E-state index contributed by atoms with van der Waals surface area (Å²) in [5.41, 5.74) is 3.51. The summed E-state index contributed by atoms with van der Waals surface area (Å²) in [6.45, 7) is 0. The molecule has 0 aliphatic heterocycles. The maximum atomic E-state index is 5.14. The summed E-state index contributed by atoms with van der Waals surface area (Å²) in [5.74, 6) is 0.883. The minimum Gasteiger partial charge on any atom is -0.497 e. The highest BCUT2D eigenvalue weighted by atomic mass is 16.5. The Morgan fingerprint density at radius 3 is 2.31 bits per heavy atom. The molecule has 0 spiro atoms. The Hall–Kier alpha value is -1.96. The summed E-state index contributed by atoms with van der Waals surface area (Å²) >= 11 is 0. The molecule has 0 aliphatic rings. The molecule has 2 aromatic rings. The lowest BCUT2D eigenvalue weighted by molar-refractivity contribution is 0.415. The maximum absolute atomic E-state index is 5.14. The molecule has 0 radical (unpaired) electrons. The third kappa shape index (κ3) is 2.16. The standard InChI is InChI=1S/C14H15NO/c1-15-13-5-3-4-12(10-13)11-6-8-14(16-2)9-7-11/h3-10,15H,1-2H3. The van der Waals surface area contributed by atoms with Gasteiger partial charge >= 0.3 is 0 Å². The molecule has 0 atom stereocenters. The van der Waals surface area contributed by atoms with Crippen molar-refractivity contribution >= 4 is 5.69 Å². The zero-order chi connectivity index (χ0) is 11.4. The Labute approximate surface area is 95.9 Å². The van der Waals surface area contributed by atoms with E-state index in [1.54, 1.807) is 7.11 Å². The van der Waals surface area contributed by atoms with E-state index in [-0.39, 0.29) is 0 Å². The van der Waals surface area contributed by atoms with Crippen LogP contribution in [0.4, 0.5) is 5.69 Å². The largest absolute Gasteiger partial charge is 0.497 e. The summed E-state index contributed by atoms with van der Waals surface area (Å²) in [4.78, 5) is 0. The molecular formula is C14H15NO. The normalized spacial score (nSPS) is 9.88. The predicted molar refractivity (Wildman–Crippen MR) is 68.0 cm³/mol. The molecule has 82 valence electrons. The highest BCUT2D eigenvalue weighted by molar-refractivity contribution is 5.68. The molecule has 0 aromatic heterocycles. The SMILES string of the molecule is CNc1cccc(-c2ccc(OC)cc2)c1. The highest BCUT2D eigenvalue weighted by Gasteiger charge is 1.98. The molecule has 0 bridgehead atoms. The predicted octanol–water partition coefficient (Wildman–Crippen LogP) is 3.40. The van der Waals surface area contributed by atoms with Gasteiger partial charge in [-0.05, 0) is 35.4 Å². The van der Waals surface area contributed by atoms with Gasteiger partial charge in [0.1, 0.15) is 5.75 Å². The van der Waals surface area contributed by atoms with Gasteiger partial charge in [0.25, 0.3) is 0 Å². The van der Waals surface area contributed by atoms with Crippen molar-refractivity contribution in [2.24, 2.45) is 0 Å². The van der Waals surface area contributed by atoms with Gasteiger partial charge in [0.2, 0.25) is 0 Å². The van der Waals surface area contributed by atoms with Crippen LogP contribution in [0.25, 0.3) is 11.1 Å². The quantitative estimate of drug-likeness (QED) is 0.843. The minimum absolute atomic E-state index is 0.883. The Morgan fingerprint density at radius 1 is 0.938 bits per heavy atom. The zero-order valence-corrected chi connectivity index (χ0v) is 9.53. The smallest absolute Gasteiger partial charge is 0.118 e. The molecule has 16 heavy (non-hydrogen) atoms. The molecule has 0 unspecified atom stereocenters. The lowest BCUT2D eigenvalue weighted by Gasteiger charge is -2.06. The first-order valence-corrected chi connectivity index (χ1v) is 5.26. The molecule has 0 saturated carbocycles. The van der Waals surface area contributed by atoms with E-state index >= 15 is 0 Å². The van der Waals surface area contributed by atoms with Crippen LogP contribution < -0.4 is 10.1 Å². The van der Waals surface area contributed by atoms with Crippen molar-refractivity contribution < 1.29 is 4.74 Å². The van der Waals surface area contributed by atoms with Crippen LogP contribution in [0.1, 0.15) is 0 Å². The van der Waals surface area contributed by atoms with E-state index in [1.165, 1.54) is 11.1 Å². The molecule has 2 heteroatoms. The van der Waals surface area contributed by atoms with E-state index < -0.39 is 0 Å². The molecule has 0 saturated heterocycles. The second-order valence-corrected chi connectivity index (χ2v) is 3.56. The average molecular weight is 213 g/mol. The number of anilines is 1. The number of methoxy groups -OCH3 is 1. The van der Waals surface area contributed by atoms with E-state index in [9.17, 15) is 0 Å². The summed E-state index contributed by atoms with van der Waals surface area (Å²) in [6.07, 6.45) is 0. The van der Waals surface area contributed by atoms with Gasteiger partial charge in [0.15, 0.2) is 0 Å². The molecule has 0 fully saturated rings. The van der Waals surface area contributed by atoms with Crippen molar-refractivity contribution in [3.8, 4) is 16.9 Å². The van der Waals surface area contributed by atoms with Gasteiger partial charge in [-0.1, -0.05) is 24.3 Å². The van der Waals surface area contributed by atoms with Crippen LogP contribution in [0, 0.1) is 0 Å². The van der Waals surface area contributed by atoms with Crippen molar-refractivity contribution in [2.75, 3.05) is 19.5 Å². The molecule has 0 heterocycles. The monoisotopic (exact) mass is 213 g/mol. The van der Waals surface area contributed by atoms with Crippen LogP contribution in [-0.2, 0) is 0 Å². The number of rotatable bonds is 3. The first-order chi connectivity index (χ1) is 7.83. The number of hydrogen-bond acceptors (Lipinski definition) is 2. The molecule has 2 rings (SSSR count). The molecular weight excluding hydrogens is 198 g/mol. The fraction of sp³-hybridized carbons (Fsp3) is 0.143. The van der Waals surface area contributed by atoms with Gasteiger partial charge in [-0.15, -0.1) is 0 Å². The summed E-state index contributed by atoms with van der Waals surface area (Å²) < 4.78 is 5.14. The third-order valence-corrected chi connectivity index (χ3v) is 2.57. The second kappa shape index (κ2) is 4.71. The topological polar surface area (TPSA) is 21.3 Å². The Balaban J connectivity index is 2.34. The van der Waals surface area contributed by atoms with Gasteiger partial charge in [0.05, 0.1) is 7.11 Å². The summed E-state index contributed by atoms with van der Waals surface area (Å²) in [7, 11) is 3.60. The summed E-state index contributed by atoms with van der Waals surface area (Å²) in [5, 5.41) is 3.13. The average Bonchev–Trinajstić information content (AvgIpc) is 2.39. The van der Waals surface area contributed by atoms with E-state index in [2.05, 4.69) is 29.6 Å². The fourth-order valence-electron chi connectivity index (χ4n) is 1.64. The van der Waals surface area contributed by atoms with Crippen LogP contribution in [-0.4, -0.2) is 14.2 Å². The Kier molecular flexibility index (Phi) is 3.10. The van der Waals surface area contributed by atoms with Crippen molar-refractivity contribution in [3.63, 3.8) is 0 Å². The summed E-state index contributed by atoms with van der Waals surface area (Å²) in [6, 6.07) is 16.4. The molecule has 0 aliphatic carbocycles. The van der Waals surface area contributed by atoms with Crippen LogP contribution in [0.2, 0.25) is 0 Å². The first-order valence-electron chi connectivity index (χ1n) is 5.26. The Bertz CT molecular complexity index is 462.